The van der Waals surface area contributed by atoms with Crippen LogP contribution in [0.15, 0.2) is 22.1 Å². The predicted octanol–water partition coefficient (Wildman–Crippen LogP) is 3.65. The zero-order chi connectivity index (χ0) is 12.4. The lowest BCUT2D eigenvalue weighted by Gasteiger charge is -2.03. The molecular weight excluding hydrogens is 334 g/mol. The average Bonchev–Trinajstić information content (AvgIpc) is 2.67. The monoisotopic (exact) mass is 335 g/mol. The summed E-state index contributed by atoms with van der Waals surface area (Å²) >= 11 is 10.1. The zero-order valence-corrected chi connectivity index (χ0v) is 11.1. The van der Waals surface area contributed by atoms with Gasteiger partial charge in [-0.05, 0) is 33.3 Å². The lowest BCUT2D eigenvalue weighted by Crippen LogP contribution is -1.93. The van der Waals surface area contributed by atoms with Crippen LogP contribution in [0.1, 0.15) is 0 Å². The molecule has 0 bridgehead atoms. The van der Waals surface area contributed by atoms with Crippen LogP contribution in [0, 0.1) is 10.1 Å². The normalized spacial score (nSPS) is 10.2. The molecule has 0 saturated carbocycles. The predicted molar refractivity (Wildman–Crippen MR) is 65.8 cm³/mol. The smallest absolute Gasteiger partial charge is 0.313 e. The number of hydrogen-bond donors (Lipinski definition) is 0. The molecule has 0 fully saturated rings. The summed E-state index contributed by atoms with van der Waals surface area (Å²) in [4.78, 5) is 10.2. The van der Waals surface area contributed by atoms with Crippen molar-refractivity contribution in [3.63, 3.8) is 0 Å². The quantitative estimate of drug-likeness (QED) is 0.631. The molecule has 1 aromatic heterocycles. The Labute approximate surface area is 112 Å². The van der Waals surface area contributed by atoms with Gasteiger partial charge in [0.2, 0.25) is 5.75 Å². The van der Waals surface area contributed by atoms with E-state index in [4.69, 9.17) is 16.3 Å². The van der Waals surface area contributed by atoms with E-state index in [2.05, 4.69) is 26.1 Å². The van der Waals surface area contributed by atoms with E-state index in [1.807, 2.05) is 0 Å². The minimum atomic E-state index is -0.572. The highest BCUT2D eigenvalue weighted by atomic mass is 79.9. The van der Waals surface area contributed by atoms with Crippen molar-refractivity contribution < 1.29 is 9.66 Å². The van der Waals surface area contributed by atoms with Crippen molar-refractivity contribution in [1.82, 2.24) is 10.2 Å². The first-order valence-corrected chi connectivity index (χ1v) is 6.16. The lowest BCUT2D eigenvalue weighted by atomic mass is 10.3. The van der Waals surface area contributed by atoms with E-state index in [9.17, 15) is 10.1 Å². The molecular formula is C8H3BrClN3O3S. The van der Waals surface area contributed by atoms with Gasteiger partial charge in [0.25, 0.3) is 0 Å². The third kappa shape index (κ3) is 2.71. The van der Waals surface area contributed by atoms with E-state index in [1.54, 1.807) is 0 Å². The van der Waals surface area contributed by atoms with Crippen molar-refractivity contribution in [2.75, 3.05) is 0 Å². The fourth-order valence-corrected chi connectivity index (χ4v) is 2.20. The number of nitro groups is 1. The minimum absolute atomic E-state index is 0.0391. The molecule has 0 spiro atoms. The molecule has 0 aliphatic heterocycles. The van der Waals surface area contributed by atoms with Crippen LogP contribution in [0.25, 0.3) is 0 Å². The second kappa shape index (κ2) is 4.94. The van der Waals surface area contributed by atoms with Gasteiger partial charge in [-0.1, -0.05) is 22.8 Å². The first-order valence-electron chi connectivity index (χ1n) is 4.17. The summed E-state index contributed by atoms with van der Waals surface area (Å²) in [5.74, 6) is -0.0391. The van der Waals surface area contributed by atoms with E-state index >= 15 is 0 Å². The number of rotatable bonds is 3. The maximum Gasteiger partial charge on any atom is 0.313 e. The van der Waals surface area contributed by atoms with Crippen molar-refractivity contribution in [2.45, 2.75) is 0 Å². The number of ether oxygens (including phenoxy) is 1. The summed E-state index contributed by atoms with van der Waals surface area (Å²) in [6.45, 7) is 0. The first-order chi connectivity index (χ1) is 8.08. The molecule has 0 unspecified atom stereocenters. The molecule has 2 aromatic rings. The summed E-state index contributed by atoms with van der Waals surface area (Å²) in [5, 5.41) is 18.4. The molecule has 6 nitrogen and oxygen atoms in total. The molecule has 0 radical (unpaired) electrons. The fraction of sp³-hybridized carbons (Fsp3) is 0. The number of benzene rings is 1. The van der Waals surface area contributed by atoms with Crippen molar-refractivity contribution >= 4 is 44.6 Å². The second-order valence-corrected chi connectivity index (χ2v) is 5.39. The van der Waals surface area contributed by atoms with Gasteiger partial charge in [-0.3, -0.25) is 10.1 Å². The highest BCUT2D eigenvalue weighted by Gasteiger charge is 2.20. The number of nitrogens with zero attached hydrogens (tertiary/aromatic N) is 3. The van der Waals surface area contributed by atoms with Gasteiger partial charge in [-0.15, -0.1) is 5.10 Å². The third-order valence-corrected chi connectivity index (χ3v) is 3.25. The van der Waals surface area contributed by atoms with Crippen LogP contribution >= 0.6 is 38.9 Å². The Balaban J connectivity index is 2.40. The Kier molecular flexibility index (Phi) is 3.55. The minimum Gasteiger partial charge on any atom is -0.421 e. The molecule has 0 aliphatic rings. The van der Waals surface area contributed by atoms with Crippen LogP contribution < -0.4 is 4.74 Å². The van der Waals surface area contributed by atoms with Crippen molar-refractivity contribution in [3.8, 4) is 10.9 Å². The molecule has 2 rings (SSSR count). The molecule has 9 heteroatoms. The van der Waals surface area contributed by atoms with Gasteiger partial charge in [0.15, 0.2) is 3.92 Å². The largest absolute Gasteiger partial charge is 0.421 e. The maximum atomic E-state index is 10.8. The maximum absolute atomic E-state index is 10.8. The van der Waals surface area contributed by atoms with Crippen LogP contribution in [0.5, 0.6) is 10.9 Å². The molecule has 88 valence electrons. The highest BCUT2D eigenvalue weighted by Crippen LogP contribution is 2.38. The van der Waals surface area contributed by atoms with Crippen LogP contribution in [-0.2, 0) is 0 Å². The molecule has 0 atom stereocenters. The highest BCUT2D eigenvalue weighted by molar-refractivity contribution is 9.11. The van der Waals surface area contributed by atoms with Gasteiger partial charge in [0, 0.05) is 6.07 Å². The van der Waals surface area contributed by atoms with E-state index in [1.165, 1.54) is 18.2 Å². The van der Waals surface area contributed by atoms with Gasteiger partial charge in [-0.25, -0.2) is 0 Å². The number of para-hydroxylation sites is 1. The van der Waals surface area contributed by atoms with Gasteiger partial charge >= 0.3 is 10.9 Å². The topological polar surface area (TPSA) is 78.2 Å². The summed E-state index contributed by atoms with van der Waals surface area (Å²) in [6.07, 6.45) is 0. The molecule has 17 heavy (non-hydrogen) atoms. The van der Waals surface area contributed by atoms with Crippen molar-refractivity contribution in [1.29, 1.82) is 0 Å². The standard InChI is InChI=1S/C8H3BrClN3O3S/c9-7-11-12-8(17-7)16-6-4(10)2-1-3-5(6)13(14)15/h1-3H. The summed E-state index contributed by atoms with van der Waals surface area (Å²) in [5.41, 5.74) is -0.219. The molecule has 1 heterocycles. The molecule has 0 N–H and O–H groups in total. The molecule has 1 aromatic carbocycles. The Morgan fingerprint density at radius 1 is 1.47 bits per heavy atom. The first kappa shape index (κ1) is 12.2. The van der Waals surface area contributed by atoms with E-state index in [0.29, 0.717) is 3.92 Å². The Bertz CT molecular complexity index is 577. The zero-order valence-electron chi connectivity index (χ0n) is 7.96. The molecule has 0 amide bonds. The van der Waals surface area contributed by atoms with Crippen LogP contribution in [0.3, 0.4) is 0 Å². The Morgan fingerprint density at radius 2 is 2.24 bits per heavy atom. The van der Waals surface area contributed by atoms with Gasteiger partial charge in [-0.2, -0.15) is 0 Å². The number of hydrogen-bond acceptors (Lipinski definition) is 6. The van der Waals surface area contributed by atoms with E-state index < -0.39 is 4.92 Å². The van der Waals surface area contributed by atoms with Crippen LogP contribution in [0.4, 0.5) is 5.69 Å². The van der Waals surface area contributed by atoms with Crippen molar-refractivity contribution in [3.05, 3.63) is 37.3 Å². The fourth-order valence-electron chi connectivity index (χ4n) is 1.06. The third-order valence-electron chi connectivity index (χ3n) is 1.71. The molecule has 0 aliphatic carbocycles. The van der Waals surface area contributed by atoms with E-state index in [-0.39, 0.29) is 21.7 Å². The van der Waals surface area contributed by atoms with Gasteiger partial charge in [0.05, 0.1) is 9.95 Å². The SMILES string of the molecule is O=[N+]([O-])c1cccc(Cl)c1Oc1nnc(Br)s1. The number of nitro benzene ring substituents is 1. The van der Waals surface area contributed by atoms with E-state index in [0.717, 1.165) is 11.3 Å². The second-order valence-electron chi connectivity index (χ2n) is 2.77. The average molecular weight is 337 g/mol. The van der Waals surface area contributed by atoms with Crippen LogP contribution in [-0.4, -0.2) is 15.1 Å². The summed E-state index contributed by atoms with van der Waals surface area (Å²) < 4.78 is 5.78. The van der Waals surface area contributed by atoms with Gasteiger partial charge < -0.3 is 4.74 Å². The number of aromatic nitrogens is 2. The van der Waals surface area contributed by atoms with Crippen molar-refractivity contribution in [2.24, 2.45) is 0 Å². The molecule has 0 saturated heterocycles. The van der Waals surface area contributed by atoms with Gasteiger partial charge in [0.1, 0.15) is 0 Å². The summed E-state index contributed by atoms with van der Waals surface area (Å²) in [6, 6.07) is 4.28. The Hall–Kier alpha value is -1.25. The Morgan fingerprint density at radius 3 is 2.82 bits per heavy atom. The lowest BCUT2D eigenvalue weighted by molar-refractivity contribution is -0.385. The summed E-state index contributed by atoms with van der Waals surface area (Å²) in [7, 11) is 0. The van der Waals surface area contributed by atoms with Crippen LogP contribution in [0.2, 0.25) is 5.02 Å². The number of halogens is 2.